The van der Waals surface area contributed by atoms with Gasteiger partial charge < -0.3 is 5.11 Å². The van der Waals surface area contributed by atoms with Crippen LogP contribution in [0.3, 0.4) is 0 Å². The van der Waals surface area contributed by atoms with E-state index in [0.717, 1.165) is 43.4 Å². The van der Waals surface area contributed by atoms with Gasteiger partial charge in [-0.25, -0.2) is 13.6 Å². The third-order valence-electron chi connectivity index (χ3n) is 3.43. The van der Waals surface area contributed by atoms with Crippen molar-refractivity contribution in [1.82, 2.24) is 0 Å². The molecule has 0 fully saturated rings. The van der Waals surface area contributed by atoms with E-state index < -0.39 is 23.2 Å². The molecule has 0 atom stereocenters. The molecule has 0 unspecified atom stereocenters. The van der Waals surface area contributed by atoms with Crippen LogP contribution in [-0.4, -0.2) is 11.1 Å². The lowest BCUT2D eigenvalue weighted by Gasteiger charge is -2.15. The third-order valence-corrected chi connectivity index (χ3v) is 3.43. The fourth-order valence-electron chi connectivity index (χ4n) is 2.41. The molecule has 2 rings (SSSR count). The molecule has 1 N–H and O–H groups in total. The predicted molar refractivity (Wildman–Crippen MR) is 73.5 cm³/mol. The molecule has 0 aromatic heterocycles. The van der Waals surface area contributed by atoms with E-state index in [1.54, 1.807) is 0 Å². The first kappa shape index (κ1) is 14.4. The van der Waals surface area contributed by atoms with Crippen molar-refractivity contribution in [1.29, 1.82) is 0 Å². The van der Waals surface area contributed by atoms with Crippen LogP contribution >= 0.6 is 0 Å². The fourth-order valence-corrected chi connectivity index (χ4v) is 2.41. The lowest BCUT2D eigenvalue weighted by Crippen LogP contribution is -2.06. The van der Waals surface area contributed by atoms with Crippen molar-refractivity contribution in [2.45, 2.75) is 32.6 Å². The second-order valence-electron chi connectivity index (χ2n) is 4.89. The van der Waals surface area contributed by atoms with Crippen molar-refractivity contribution in [2.24, 2.45) is 0 Å². The molecule has 1 aliphatic carbocycles. The molecular weight excluding hydrogens is 262 g/mol. The van der Waals surface area contributed by atoms with Gasteiger partial charge in [0.2, 0.25) is 0 Å². The van der Waals surface area contributed by atoms with Gasteiger partial charge in [0.05, 0.1) is 0 Å². The standard InChI is InChI=1S/C16H16F2O2/c1-2-3-10-4-6-11(7-5-10)12-8-13(17)15(16(19)20)14(18)9-12/h4,6,8-9H,2-3,5,7H2,1H3,(H,19,20). The fraction of sp³-hybridized carbons (Fsp3) is 0.312. The minimum Gasteiger partial charge on any atom is -0.477 e. The molecule has 0 bridgehead atoms. The molecule has 0 amide bonds. The van der Waals surface area contributed by atoms with Gasteiger partial charge in [-0.15, -0.1) is 0 Å². The van der Waals surface area contributed by atoms with Crippen LogP contribution in [-0.2, 0) is 0 Å². The Morgan fingerprint density at radius 3 is 2.30 bits per heavy atom. The number of halogens is 2. The first-order chi connectivity index (χ1) is 9.52. The van der Waals surface area contributed by atoms with Crippen LogP contribution < -0.4 is 0 Å². The maximum atomic E-state index is 13.7. The number of hydrogen-bond donors (Lipinski definition) is 1. The maximum Gasteiger partial charge on any atom is 0.341 e. The molecule has 20 heavy (non-hydrogen) atoms. The number of carbonyl (C=O) groups is 1. The van der Waals surface area contributed by atoms with Gasteiger partial charge in [0.25, 0.3) is 0 Å². The molecule has 0 heterocycles. The molecule has 4 heteroatoms. The largest absolute Gasteiger partial charge is 0.477 e. The molecule has 2 nitrogen and oxygen atoms in total. The van der Waals surface area contributed by atoms with Gasteiger partial charge in [-0.2, -0.15) is 0 Å². The number of carboxylic acid groups (broad SMARTS) is 1. The van der Waals surface area contributed by atoms with E-state index in [0.29, 0.717) is 5.56 Å². The van der Waals surface area contributed by atoms with Gasteiger partial charge in [-0.05, 0) is 42.5 Å². The lowest BCUT2D eigenvalue weighted by molar-refractivity contribution is 0.0686. The van der Waals surface area contributed by atoms with Gasteiger partial charge in [0.15, 0.2) is 0 Å². The highest BCUT2D eigenvalue weighted by Gasteiger charge is 2.19. The Bertz CT molecular complexity index is 577. The van der Waals surface area contributed by atoms with E-state index in [1.165, 1.54) is 5.57 Å². The van der Waals surface area contributed by atoms with Gasteiger partial charge in [0, 0.05) is 0 Å². The smallest absolute Gasteiger partial charge is 0.341 e. The van der Waals surface area contributed by atoms with Crippen molar-refractivity contribution in [3.8, 4) is 0 Å². The summed E-state index contributed by atoms with van der Waals surface area (Å²) in [5.41, 5.74) is 1.68. The molecule has 106 valence electrons. The Kier molecular flexibility index (Phi) is 4.32. The predicted octanol–water partition coefficient (Wildman–Crippen LogP) is 4.57. The Balaban J connectivity index is 2.34. The Labute approximate surface area is 116 Å². The van der Waals surface area contributed by atoms with Crippen LogP contribution in [0.5, 0.6) is 0 Å². The Morgan fingerprint density at radius 2 is 1.85 bits per heavy atom. The monoisotopic (exact) mass is 278 g/mol. The van der Waals surface area contributed by atoms with Gasteiger partial charge in [-0.1, -0.05) is 31.1 Å². The van der Waals surface area contributed by atoms with Gasteiger partial charge in [0.1, 0.15) is 17.2 Å². The van der Waals surface area contributed by atoms with E-state index in [9.17, 15) is 13.6 Å². The Morgan fingerprint density at radius 1 is 1.20 bits per heavy atom. The van der Waals surface area contributed by atoms with Crippen LogP contribution in [0, 0.1) is 11.6 Å². The summed E-state index contributed by atoms with van der Waals surface area (Å²) in [6.07, 6.45) is 7.56. The quantitative estimate of drug-likeness (QED) is 0.876. The van der Waals surface area contributed by atoms with Crippen LogP contribution in [0.2, 0.25) is 0 Å². The van der Waals surface area contributed by atoms with Crippen molar-refractivity contribution in [2.75, 3.05) is 0 Å². The van der Waals surface area contributed by atoms with E-state index in [2.05, 4.69) is 6.92 Å². The van der Waals surface area contributed by atoms with Crippen molar-refractivity contribution < 1.29 is 18.7 Å². The molecule has 0 radical (unpaired) electrons. The molecular formula is C16H16F2O2. The zero-order valence-corrected chi connectivity index (χ0v) is 11.2. The van der Waals surface area contributed by atoms with Crippen LogP contribution in [0.15, 0.2) is 29.9 Å². The highest BCUT2D eigenvalue weighted by Crippen LogP contribution is 2.30. The normalized spacial score (nSPS) is 14.8. The number of carboxylic acids is 1. The van der Waals surface area contributed by atoms with Crippen LogP contribution in [0.25, 0.3) is 5.57 Å². The minimum absolute atomic E-state index is 0.414. The summed E-state index contributed by atoms with van der Waals surface area (Å²) in [5, 5.41) is 8.74. The van der Waals surface area contributed by atoms with Gasteiger partial charge >= 0.3 is 5.97 Å². The molecule has 0 spiro atoms. The van der Waals surface area contributed by atoms with Crippen molar-refractivity contribution in [3.63, 3.8) is 0 Å². The second-order valence-corrected chi connectivity index (χ2v) is 4.89. The molecule has 0 saturated heterocycles. The van der Waals surface area contributed by atoms with Crippen LogP contribution in [0.4, 0.5) is 8.78 Å². The van der Waals surface area contributed by atoms with E-state index in [-0.39, 0.29) is 0 Å². The average molecular weight is 278 g/mol. The first-order valence-electron chi connectivity index (χ1n) is 6.64. The molecule has 1 aromatic carbocycles. The first-order valence-corrected chi connectivity index (χ1v) is 6.64. The summed E-state index contributed by atoms with van der Waals surface area (Å²) in [5.74, 6) is -3.65. The minimum atomic E-state index is -1.59. The molecule has 0 aliphatic heterocycles. The topological polar surface area (TPSA) is 37.3 Å². The zero-order chi connectivity index (χ0) is 14.7. The van der Waals surface area contributed by atoms with Crippen molar-refractivity contribution >= 4 is 11.5 Å². The number of benzene rings is 1. The van der Waals surface area contributed by atoms with Crippen molar-refractivity contribution in [3.05, 3.63) is 52.6 Å². The van der Waals surface area contributed by atoms with E-state index in [4.69, 9.17) is 5.11 Å². The SMILES string of the molecule is CCCC1=CC=C(c2cc(F)c(C(=O)O)c(F)c2)CC1. The third kappa shape index (κ3) is 2.95. The highest BCUT2D eigenvalue weighted by molar-refractivity contribution is 5.89. The molecule has 1 aromatic rings. The zero-order valence-electron chi connectivity index (χ0n) is 11.2. The summed E-state index contributed by atoms with van der Waals surface area (Å²) >= 11 is 0. The van der Waals surface area contributed by atoms with Crippen LogP contribution in [0.1, 0.15) is 48.5 Å². The van der Waals surface area contributed by atoms with Gasteiger partial charge in [-0.3, -0.25) is 0 Å². The average Bonchev–Trinajstić information content (AvgIpc) is 2.38. The number of aromatic carboxylic acids is 1. The number of rotatable bonds is 4. The maximum absolute atomic E-state index is 13.7. The Hall–Kier alpha value is -1.97. The molecule has 0 saturated carbocycles. The highest BCUT2D eigenvalue weighted by atomic mass is 19.1. The summed E-state index contributed by atoms with van der Waals surface area (Å²) in [6, 6.07) is 2.19. The summed E-state index contributed by atoms with van der Waals surface area (Å²) < 4.78 is 27.3. The van der Waals surface area contributed by atoms with E-state index >= 15 is 0 Å². The number of allylic oxidation sites excluding steroid dienone is 4. The summed E-state index contributed by atoms with van der Waals surface area (Å²) in [6.45, 7) is 2.11. The van der Waals surface area contributed by atoms with E-state index in [1.807, 2.05) is 12.2 Å². The lowest BCUT2D eigenvalue weighted by atomic mass is 9.91. The summed E-state index contributed by atoms with van der Waals surface area (Å²) in [4.78, 5) is 10.7. The number of hydrogen-bond acceptors (Lipinski definition) is 1. The second kappa shape index (κ2) is 5.99. The summed E-state index contributed by atoms with van der Waals surface area (Å²) in [7, 11) is 0. The molecule has 1 aliphatic rings.